The van der Waals surface area contributed by atoms with E-state index >= 15 is 0 Å². The molecule has 0 bridgehead atoms. The van der Waals surface area contributed by atoms with Crippen molar-refractivity contribution in [3.63, 3.8) is 0 Å². The molecule has 2 aromatic rings. The highest BCUT2D eigenvalue weighted by atomic mass is 16.5. The molecule has 0 aromatic heterocycles. The molecule has 0 saturated carbocycles. The van der Waals surface area contributed by atoms with Gasteiger partial charge in [0, 0.05) is 0 Å². The van der Waals surface area contributed by atoms with Gasteiger partial charge in [-0.2, -0.15) is 0 Å². The van der Waals surface area contributed by atoms with Gasteiger partial charge in [-0.15, -0.1) is 0 Å². The lowest BCUT2D eigenvalue weighted by Crippen LogP contribution is -2.36. The standard InChI is InChI=1S/C24H31NO2/c1-18-22(16-15-19-9-4-2-5-10-19)21(17-20-11-6-3-7-12-20)13-8-14-23(25)24(26)27-18/h2-7,9-12,18,21-23H,8,13-17,25H2,1H3. The number of benzene rings is 2. The van der Waals surface area contributed by atoms with Crippen molar-refractivity contribution in [2.75, 3.05) is 0 Å². The lowest BCUT2D eigenvalue weighted by Gasteiger charge is -2.31. The number of rotatable bonds is 5. The van der Waals surface area contributed by atoms with E-state index in [4.69, 9.17) is 10.5 Å². The van der Waals surface area contributed by atoms with Gasteiger partial charge in [0.2, 0.25) is 0 Å². The zero-order valence-electron chi connectivity index (χ0n) is 16.2. The van der Waals surface area contributed by atoms with Crippen LogP contribution >= 0.6 is 0 Å². The summed E-state index contributed by atoms with van der Waals surface area (Å²) >= 11 is 0. The van der Waals surface area contributed by atoms with Gasteiger partial charge in [0.05, 0.1) is 0 Å². The number of cyclic esters (lactones) is 1. The number of hydrogen-bond donors (Lipinski definition) is 1. The van der Waals surface area contributed by atoms with Crippen LogP contribution in [0.3, 0.4) is 0 Å². The molecule has 1 fully saturated rings. The Morgan fingerprint density at radius 1 is 0.963 bits per heavy atom. The molecule has 1 aliphatic rings. The summed E-state index contributed by atoms with van der Waals surface area (Å²) in [5, 5.41) is 0. The number of hydrogen-bond acceptors (Lipinski definition) is 3. The Morgan fingerprint density at radius 2 is 1.59 bits per heavy atom. The maximum Gasteiger partial charge on any atom is 0.323 e. The molecule has 0 spiro atoms. The van der Waals surface area contributed by atoms with E-state index in [1.54, 1.807) is 0 Å². The maximum atomic E-state index is 12.3. The first-order valence-electron chi connectivity index (χ1n) is 10.2. The van der Waals surface area contributed by atoms with E-state index in [9.17, 15) is 4.79 Å². The molecule has 2 aromatic carbocycles. The summed E-state index contributed by atoms with van der Waals surface area (Å²) in [7, 11) is 0. The monoisotopic (exact) mass is 365 g/mol. The molecular weight excluding hydrogens is 334 g/mol. The van der Waals surface area contributed by atoms with Crippen LogP contribution in [0, 0.1) is 11.8 Å². The number of carbonyl (C=O) groups excluding carboxylic acids is 1. The Morgan fingerprint density at radius 3 is 2.26 bits per heavy atom. The first-order valence-corrected chi connectivity index (χ1v) is 10.2. The largest absolute Gasteiger partial charge is 0.461 e. The van der Waals surface area contributed by atoms with Gasteiger partial charge in [-0.05, 0) is 62.0 Å². The van der Waals surface area contributed by atoms with Gasteiger partial charge in [0.15, 0.2) is 0 Å². The molecule has 3 heteroatoms. The highest BCUT2D eigenvalue weighted by molar-refractivity contribution is 5.75. The summed E-state index contributed by atoms with van der Waals surface area (Å²) in [6.45, 7) is 2.05. The van der Waals surface area contributed by atoms with Gasteiger partial charge in [-0.1, -0.05) is 67.1 Å². The summed E-state index contributed by atoms with van der Waals surface area (Å²) in [5.41, 5.74) is 8.71. The Hall–Kier alpha value is -2.13. The highest BCUT2D eigenvalue weighted by Crippen LogP contribution is 2.32. The molecule has 27 heavy (non-hydrogen) atoms. The second-order valence-electron chi connectivity index (χ2n) is 7.82. The van der Waals surface area contributed by atoms with Crippen LogP contribution in [0.2, 0.25) is 0 Å². The fourth-order valence-corrected chi connectivity index (χ4v) is 4.29. The van der Waals surface area contributed by atoms with Crippen LogP contribution in [0.1, 0.15) is 43.7 Å². The van der Waals surface area contributed by atoms with Crippen molar-refractivity contribution in [3.05, 3.63) is 71.8 Å². The molecule has 3 rings (SSSR count). The number of ether oxygens (including phenoxy) is 1. The molecule has 4 unspecified atom stereocenters. The van der Waals surface area contributed by atoms with Crippen LogP contribution in [0.15, 0.2) is 60.7 Å². The molecule has 0 aliphatic carbocycles. The molecule has 0 amide bonds. The zero-order chi connectivity index (χ0) is 19.1. The van der Waals surface area contributed by atoms with E-state index in [-0.39, 0.29) is 12.1 Å². The molecule has 0 radical (unpaired) electrons. The normalized spacial score (nSPS) is 26.5. The van der Waals surface area contributed by atoms with Crippen molar-refractivity contribution < 1.29 is 9.53 Å². The average molecular weight is 366 g/mol. The number of carbonyl (C=O) groups is 1. The van der Waals surface area contributed by atoms with E-state index < -0.39 is 6.04 Å². The summed E-state index contributed by atoms with van der Waals surface area (Å²) in [6, 6.07) is 20.7. The van der Waals surface area contributed by atoms with Gasteiger partial charge in [0.25, 0.3) is 0 Å². The van der Waals surface area contributed by atoms with Crippen molar-refractivity contribution in [1.29, 1.82) is 0 Å². The SMILES string of the molecule is CC1OC(=O)C(N)CCCC(Cc2ccccc2)C1CCc1ccccc1. The Kier molecular flexibility index (Phi) is 7.05. The van der Waals surface area contributed by atoms with Gasteiger partial charge < -0.3 is 10.5 Å². The predicted molar refractivity (Wildman–Crippen MR) is 109 cm³/mol. The molecule has 4 atom stereocenters. The molecule has 1 aliphatic heterocycles. The smallest absolute Gasteiger partial charge is 0.323 e. The van der Waals surface area contributed by atoms with Crippen molar-refractivity contribution in [3.8, 4) is 0 Å². The van der Waals surface area contributed by atoms with Gasteiger partial charge in [-0.3, -0.25) is 4.79 Å². The molecule has 1 heterocycles. The number of nitrogens with two attached hydrogens (primary N) is 1. The van der Waals surface area contributed by atoms with Crippen LogP contribution in [0.4, 0.5) is 0 Å². The predicted octanol–water partition coefficient (Wildman–Crippen LogP) is 4.54. The van der Waals surface area contributed by atoms with E-state index in [0.717, 1.165) is 32.1 Å². The number of aryl methyl sites for hydroxylation is 1. The van der Waals surface area contributed by atoms with Crippen LogP contribution in [0.25, 0.3) is 0 Å². The minimum absolute atomic E-state index is 0.112. The second-order valence-corrected chi connectivity index (χ2v) is 7.82. The van der Waals surface area contributed by atoms with Gasteiger partial charge >= 0.3 is 5.97 Å². The Bertz CT molecular complexity index is 701. The molecule has 144 valence electrons. The fraction of sp³-hybridized carbons (Fsp3) is 0.458. The third kappa shape index (κ3) is 5.67. The first kappa shape index (κ1) is 19.6. The van der Waals surface area contributed by atoms with Crippen LogP contribution in [-0.2, 0) is 22.4 Å². The summed E-state index contributed by atoms with van der Waals surface area (Å²) < 4.78 is 5.79. The van der Waals surface area contributed by atoms with Crippen molar-refractivity contribution in [1.82, 2.24) is 0 Å². The van der Waals surface area contributed by atoms with Crippen molar-refractivity contribution in [2.45, 2.75) is 57.6 Å². The third-order valence-electron chi connectivity index (χ3n) is 5.85. The highest BCUT2D eigenvalue weighted by Gasteiger charge is 2.32. The van der Waals surface area contributed by atoms with Crippen LogP contribution in [0.5, 0.6) is 0 Å². The quantitative estimate of drug-likeness (QED) is 0.792. The first-order chi connectivity index (χ1) is 13.1. The van der Waals surface area contributed by atoms with E-state index in [2.05, 4.69) is 54.6 Å². The molecule has 1 saturated heterocycles. The van der Waals surface area contributed by atoms with Gasteiger partial charge in [0.1, 0.15) is 12.1 Å². The summed E-state index contributed by atoms with van der Waals surface area (Å²) in [4.78, 5) is 12.3. The van der Waals surface area contributed by atoms with E-state index in [0.29, 0.717) is 18.3 Å². The fourth-order valence-electron chi connectivity index (χ4n) is 4.29. The molecule has 2 N–H and O–H groups in total. The Labute approximate surface area is 162 Å². The minimum atomic E-state index is -0.488. The molecular formula is C24H31NO2. The maximum absolute atomic E-state index is 12.3. The van der Waals surface area contributed by atoms with E-state index in [1.165, 1.54) is 11.1 Å². The summed E-state index contributed by atoms with van der Waals surface area (Å²) in [6.07, 6.45) is 5.71. The van der Waals surface area contributed by atoms with Gasteiger partial charge in [-0.25, -0.2) is 0 Å². The minimum Gasteiger partial charge on any atom is -0.461 e. The molecule has 3 nitrogen and oxygen atoms in total. The summed E-state index contributed by atoms with van der Waals surface area (Å²) in [5.74, 6) is 0.580. The second kappa shape index (κ2) is 9.70. The Balaban J connectivity index is 1.78. The van der Waals surface area contributed by atoms with Crippen molar-refractivity contribution in [2.24, 2.45) is 17.6 Å². The average Bonchev–Trinajstić information content (AvgIpc) is 2.73. The zero-order valence-corrected chi connectivity index (χ0v) is 16.2. The van der Waals surface area contributed by atoms with Crippen LogP contribution in [-0.4, -0.2) is 18.1 Å². The van der Waals surface area contributed by atoms with Crippen molar-refractivity contribution >= 4 is 5.97 Å². The number of esters is 1. The lowest BCUT2D eigenvalue weighted by molar-refractivity contribution is -0.153. The van der Waals surface area contributed by atoms with Crippen LogP contribution < -0.4 is 5.73 Å². The third-order valence-corrected chi connectivity index (χ3v) is 5.85. The topological polar surface area (TPSA) is 52.3 Å². The lowest BCUT2D eigenvalue weighted by atomic mass is 9.77. The van der Waals surface area contributed by atoms with E-state index in [1.807, 2.05) is 13.0 Å².